The maximum atomic E-state index is 9.47. The van der Waals surface area contributed by atoms with E-state index in [2.05, 4.69) is 15.2 Å². The summed E-state index contributed by atoms with van der Waals surface area (Å²) in [6.45, 7) is 4.06. The van der Waals surface area contributed by atoms with Gasteiger partial charge in [0.2, 0.25) is 0 Å². The van der Waals surface area contributed by atoms with E-state index in [-0.39, 0.29) is 35.3 Å². The molecule has 3 rings (SSSR count). The van der Waals surface area contributed by atoms with Crippen LogP contribution in [0, 0.1) is 0 Å². The number of rotatable bonds is 1. The molecule has 0 saturated carbocycles. The average Bonchev–Trinajstić information content (AvgIpc) is 2.39. The Hall–Kier alpha value is -0.810. The van der Waals surface area contributed by atoms with E-state index in [9.17, 15) is 5.11 Å². The third kappa shape index (κ3) is 2.62. The first-order valence-corrected chi connectivity index (χ1v) is 5.88. The van der Waals surface area contributed by atoms with Gasteiger partial charge < -0.3 is 15.3 Å². The number of benzene rings is 1. The summed E-state index contributed by atoms with van der Waals surface area (Å²) in [6, 6.07) is 7.41. The maximum Gasteiger partial charge on any atom is 1.00 e. The fourth-order valence-corrected chi connectivity index (χ4v) is 2.30. The van der Waals surface area contributed by atoms with Crippen LogP contribution in [-0.4, -0.2) is 36.3 Å². The fraction of sp³-hybridized carbons (Fsp3) is 0.308. The number of phenolic OH excluding ortho intramolecular Hbond substituents is 1. The van der Waals surface area contributed by atoms with Crippen LogP contribution in [0.3, 0.4) is 0 Å². The summed E-state index contributed by atoms with van der Waals surface area (Å²) < 4.78 is 0. The molecule has 4 nitrogen and oxygen atoms in total. The largest absolute Gasteiger partial charge is 1.00 e. The number of anilines is 1. The topological polar surface area (TPSA) is 48.4 Å². The summed E-state index contributed by atoms with van der Waals surface area (Å²) in [5.41, 5.74) is 2.05. The minimum atomic E-state index is 0. The minimum absolute atomic E-state index is 0. The van der Waals surface area contributed by atoms with Crippen LogP contribution in [-0.2, 0) is 0 Å². The zero-order valence-corrected chi connectivity index (χ0v) is 12.6. The van der Waals surface area contributed by atoms with Gasteiger partial charge in [-0.3, -0.25) is 4.98 Å². The normalized spacial score (nSPS) is 15.4. The molecule has 0 unspecified atom stereocenters. The summed E-state index contributed by atoms with van der Waals surface area (Å²) >= 11 is 0. The third-order valence-corrected chi connectivity index (χ3v) is 3.16. The van der Waals surface area contributed by atoms with Crippen molar-refractivity contribution < 1.29 is 34.7 Å². The first-order valence-electron chi connectivity index (χ1n) is 5.88. The number of hydrogen-bond donors (Lipinski definition) is 2. The van der Waals surface area contributed by atoms with Crippen molar-refractivity contribution in [2.75, 3.05) is 31.1 Å². The molecule has 1 aromatic carbocycles. The zero-order chi connectivity index (χ0) is 11.7. The average molecular weight is 252 g/mol. The van der Waals surface area contributed by atoms with Crippen LogP contribution >= 0.6 is 0 Å². The van der Waals surface area contributed by atoms with Gasteiger partial charge in [0, 0.05) is 49.5 Å². The number of aromatic hydroxyl groups is 1. The standard InChI is InChI=1S/C13H15N3O.Na/c17-10-1-2-11-12(9-10)15-4-3-13(11)16-7-5-14-6-8-16;/h1-4,9,14,17H,5-8H2;/q;+1. The Bertz CT molecular complexity index is 541. The van der Waals surface area contributed by atoms with Crippen molar-refractivity contribution >= 4 is 16.6 Å². The van der Waals surface area contributed by atoms with Crippen molar-refractivity contribution in [2.24, 2.45) is 0 Å². The number of nitrogens with one attached hydrogen (secondary N) is 1. The molecular formula is C13H15N3NaO+. The van der Waals surface area contributed by atoms with Crippen molar-refractivity contribution in [2.45, 2.75) is 0 Å². The Morgan fingerprint density at radius 1 is 1.17 bits per heavy atom. The molecule has 88 valence electrons. The molecule has 1 aliphatic heterocycles. The first-order chi connectivity index (χ1) is 8.34. The molecule has 0 bridgehead atoms. The number of nitrogens with zero attached hydrogens (tertiary/aromatic N) is 2. The van der Waals surface area contributed by atoms with Crippen LogP contribution in [0.25, 0.3) is 10.9 Å². The van der Waals surface area contributed by atoms with Gasteiger partial charge in [-0.25, -0.2) is 0 Å². The van der Waals surface area contributed by atoms with E-state index in [1.807, 2.05) is 12.1 Å². The van der Waals surface area contributed by atoms with Gasteiger partial charge in [0.1, 0.15) is 5.75 Å². The van der Waals surface area contributed by atoms with Gasteiger partial charge >= 0.3 is 29.6 Å². The van der Waals surface area contributed by atoms with Crippen molar-refractivity contribution in [3.63, 3.8) is 0 Å². The van der Waals surface area contributed by atoms with Crippen molar-refractivity contribution in [3.8, 4) is 5.75 Å². The molecule has 0 aliphatic carbocycles. The summed E-state index contributed by atoms with van der Waals surface area (Å²) in [6.07, 6.45) is 1.80. The second kappa shape index (κ2) is 5.89. The van der Waals surface area contributed by atoms with Gasteiger partial charge in [0.15, 0.2) is 0 Å². The molecule has 5 heteroatoms. The second-order valence-corrected chi connectivity index (χ2v) is 4.27. The number of pyridine rings is 1. The first kappa shape index (κ1) is 13.6. The van der Waals surface area contributed by atoms with E-state index in [1.54, 1.807) is 18.3 Å². The minimum Gasteiger partial charge on any atom is -0.508 e. The van der Waals surface area contributed by atoms with E-state index in [1.165, 1.54) is 5.69 Å². The van der Waals surface area contributed by atoms with E-state index >= 15 is 0 Å². The predicted molar refractivity (Wildman–Crippen MR) is 68.5 cm³/mol. The summed E-state index contributed by atoms with van der Waals surface area (Å²) in [7, 11) is 0. The van der Waals surface area contributed by atoms with Crippen LogP contribution in [0.1, 0.15) is 0 Å². The Morgan fingerprint density at radius 3 is 2.72 bits per heavy atom. The monoisotopic (exact) mass is 252 g/mol. The molecule has 2 heterocycles. The summed E-state index contributed by atoms with van der Waals surface area (Å²) in [5, 5.41) is 13.9. The quantitative estimate of drug-likeness (QED) is 0.597. The molecular weight excluding hydrogens is 237 g/mol. The van der Waals surface area contributed by atoms with Crippen LogP contribution in [0.15, 0.2) is 30.5 Å². The van der Waals surface area contributed by atoms with Gasteiger partial charge in [-0.15, -0.1) is 0 Å². The molecule has 0 amide bonds. The molecule has 1 aliphatic rings. The van der Waals surface area contributed by atoms with Gasteiger partial charge in [-0.2, -0.15) is 0 Å². The Labute approximate surface area is 128 Å². The molecule has 1 fully saturated rings. The maximum absolute atomic E-state index is 9.47. The SMILES string of the molecule is Oc1ccc2c(N3CCNCC3)ccnc2c1.[Na+]. The smallest absolute Gasteiger partial charge is 0.508 e. The predicted octanol–water partition coefficient (Wildman–Crippen LogP) is -1.65. The van der Waals surface area contributed by atoms with E-state index in [0.717, 1.165) is 37.1 Å². The number of piperazine rings is 1. The van der Waals surface area contributed by atoms with Gasteiger partial charge in [-0.1, -0.05) is 0 Å². The third-order valence-electron chi connectivity index (χ3n) is 3.16. The second-order valence-electron chi connectivity index (χ2n) is 4.27. The molecule has 0 spiro atoms. The molecule has 0 atom stereocenters. The number of fused-ring (bicyclic) bond motifs is 1. The van der Waals surface area contributed by atoms with Crippen LogP contribution < -0.4 is 39.8 Å². The molecule has 2 aromatic rings. The molecule has 1 saturated heterocycles. The van der Waals surface area contributed by atoms with Gasteiger partial charge in [0.05, 0.1) is 5.52 Å². The van der Waals surface area contributed by atoms with E-state index in [0.29, 0.717) is 0 Å². The Morgan fingerprint density at radius 2 is 1.94 bits per heavy atom. The van der Waals surface area contributed by atoms with Gasteiger partial charge in [0.25, 0.3) is 0 Å². The van der Waals surface area contributed by atoms with Crippen LogP contribution in [0.2, 0.25) is 0 Å². The van der Waals surface area contributed by atoms with Crippen molar-refractivity contribution in [3.05, 3.63) is 30.5 Å². The number of phenols is 1. The fourth-order valence-electron chi connectivity index (χ4n) is 2.30. The molecule has 0 radical (unpaired) electrons. The molecule has 1 aromatic heterocycles. The van der Waals surface area contributed by atoms with E-state index in [4.69, 9.17) is 0 Å². The van der Waals surface area contributed by atoms with Crippen molar-refractivity contribution in [1.29, 1.82) is 0 Å². The molecule has 2 N–H and O–H groups in total. The van der Waals surface area contributed by atoms with E-state index < -0.39 is 0 Å². The number of aromatic nitrogens is 1. The van der Waals surface area contributed by atoms with Crippen molar-refractivity contribution in [1.82, 2.24) is 10.3 Å². The van der Waals surface area contributed by atoms with Crippen LogP contribution in [0.4, 0.5) is 5.69 Å². The van der Waals surface area contributed by atoms with Crippen LogP contribution in [0.5, 0.6) is 5.75 Å². The Balaban J connectivity index is 0.00000120. The number of hydrogen-bond acceptors (Lipinski definition) is 4. The van der Waals surface area contributed by atoms with Gasteiger partial charge in [-0.05, 0) is 18.2 Å². The Kier molecular flexibility index (Phi) is 4.45. The molecule has 18 heavy (non-hydrogen) atoms. The summed E-state index contributed by atoms with van der Waals surface area (Å²) in [4.78, 5) is 6.65. The zero-order valence-electron chi connectivity index (χ0n) is 10.6. The summed E-state index contributed by atoms with van der Waals surface area (Å²) in [5.74, 6) is 0.266.